The van der Waals surface area contributed by atoms with Gasteiger partial charge in [-0.3, -0.25) is 0 Å². The zero-order valence-electron chi connectivity index (χ0n) is 15.0. The number of aromatic amines is 1. The van der Waals surface area contributed by atoms with Crippen LogP contribution in [-0.2, 0) is 16.4 Å². The maximum atomic E-state index is 12.8. The summed E-state index contributed by atoms with van der Waals surface area (Å²) in [4.78, 5) is 11.3. The first-order valence-electron chi connectivity index (χ1n) is 8.18. The number of hydrogen-bond acceptors (Lipinski definition) is 6. The van der Waals surface area contributed by atoms with Gasteiger partial charge in [-0.25, -0.2) is 13.1 Å². The maximum absolute atomic E-state index is 12.8. The van der Waals surface area contributed by atoms with Crippen LogP contribution >= 0.6 is 11.6 Å². The molecule has 2 N–H and O–H groups in total. The standard InChI is InChI=1S/C17H19ClN4O4S/c1-4-5-12-15(25-2)20-17(21-16(12)26-3)22-27(23,24)14-9-19-13-8-10(18)6-7-11(13)14/h6-9,19H,4-5H2,1-3H3,(H,20,21,22). The summed E-state index contributed by atoms with van der Waals surface area (Å²) >= 11 is 5.95. The van der Waals surface area contributed by atoms with Crippen molar-refractivity contribution in [2.24, 2.45) is 0 Å². The molecule has 0 spiro atoms. The second-order valence-electron chi connectivity index (χ2n) is 5.74. The van der Waals surface area contributed by atoms with Crippen LogP contribution in [0.5, 0.6) is 11.8 Å². The number of anilines is 1. The van der Waals surface area contributed by atoms with Crippen molar-refractivity contribution < 1.29 is 17.9 Å². The summed E-state index contributed by atoms with van der Waals surface area (Å²) in [6.45, 7) is 2.00. The fraction of sp³-hybridized carbons (Fsp3) is 0.294. The van der Waals surface area contributed by atoms with Crippen molar-refractivity contribution in [1.82, 2.24) is 15.0 Å². The van der Waals surface area contributed by atoms with E-state index in [1.165, 1.54) is 20.4 Å². The summed E-state index contributed by atoms with van der Waals surface area (Å²) in [6.07, 6.45) is 2.87. The Morgan fingerprint density at radius 3 is 2.44 bits per heavy atom. The van der Waals surface area contributed by atoms with Crippen LogP contribution in [0.3, 0.4) is 0 Å². The molecule has 3 aromatic rings. The monoisotopic (exact) mass is 410 g/mol. The van der Waals surface area contributed by atoms with E-state index >= 15 is 0 Å². The smallest absolute Gasteiger partial charge is 0.266 e. The first-order chi connectivity index (χ1) is 12.9. The molecule has 8 nitrogen and oxygen atoms in total. The summed E-state index contributed by atoms with van der Waals surface area (Å²) in [5, 5.41) is 1.01. The molecular weight excluding hydrogens is 392 g/mol. The van der Waals surface area contributed by atoms with E-state index in [0.717, 1.165) is 6.42 Å². The normalized spacial score (nSPS) is 11.6. The second kappa shape index (κ2) is 7.61. The number of aromatic nitrogens is 3. The van der Waals surface area contributed by atoms with Crippen LogP contribution in [-0.4, -0.2) is 37.6 Å². The SMILES string of the molecule is CCCc1c(OC)nc(NS(=O)(=O)c2c[nH]c3cc(Cl)ccc23)nc1OC. The summed E-state index contributed by atoms with van der Waals surface area (Å²) in [7, 11) is -1.02. The van der Waals surface area contributed by atoms with Crippen LogP contribution in [0.2, 0.25) is 5.02 Å². The molecule has 0 amide bonds. The second-order valence-corrected chi connectivity index (χ2v) is 7.83. The van der Waals surface area contributed by atoms with Crippen LogP contribution in [0.1, 0.15) is 18.9 Å². The highest BCUT2D eigenvalue weighted by atomic mass is 35.5. The van der Waals surface area contributed by atoms with Gasteiger partial charge >= 0.3 is 0 Å². The molecule has 0 saturated carbocycles. The number of halogens is 1. The van der Waals surface area contributed by atoms with Gasteiger partial charge in [0, 0.05) is 22.1 Å². The Kier molecular flexibility index (Phi) is 5.43. The Balaban J connectivity index is 2.02. The topological polar surface area (TPSA) is 106 Å². The molecule has 0 saturated heterocycles. The fourth-order valence-electron chi connectivity index (χ4n) is 2.76. The molecule has 2 aromatic heterocycles. The lowest BCUT2D eigenvalue weighted by Gasteiger charge is -2.13. The largest absolute Gasteiger partial charge is 0.481 e. The first kappa shape index (κ1) is 19.2. The molecule has 144 valence electrons. The third-order valence-corrected chi connectivity index (χ3v) is 5.54. The zero-order valence-corrected chi connectivity index (χ0v) is 16.6. The summed E-state index contributed by atoms with van der Waals surface area (Å²) in [6, 6.07) is 4.91. The third-order valence-electron chi connectivity index (χ3n) is 3.94. The highest BCUT2D eigenvalue weighted by Crippen LogP contribution is 2.30. The van der Waals surface area contributed by atoms with Crippen LogP contribution in [0, 0.1) is 0 Å². The number of methoxy groups -OCH3 is 2. The number of benzene rings is 1. The van der Waals surface area contributed by atoms with E-state index in [0.29, 0.717) is 27.9 Å². The van der Waals surface area contributed by atoms with E-state index in [-0.39, 0.29) is 22.6 Å². The Morgan fingerprint density at radius 1 is 1.19 bits per heavy atom. The number of rotatable bonds is 7. The molecule has 0 fully saturated rings. The Morgan fingerprint density at radius 2 is 1.85 bits per heavy atom. The minimum Gasteiger partial charge on any atom is -0.481 e. The Bertz CT molecular complexity index is 1060. The highest BCUT2D eigenvalue weighted by Gasteiger charge is 2.23. The van der Waals surface area contributed by atoms with Gasteiger partial charge in [-0.15, -0.1) is 0 Å². The van der Waals surface area contributed by atoms with Crippen molar-refractivity contribution in [3.05, 3.63) is 35.0 Å². The van der Waals surface area contributed by atoms with Gasteiger partial charge in [0.15, 0.2) is 0 Å². The number of H-pyrrole nitrogens is 1. The van der Waals surface area contributed by atoms with Crippen molar-refractivity contribution in [3.8, 4) is 11.8 Å². The average Bonchev–Trinajstić information content (AvgIpc) is 3.06. The minimum absolute atomic E-state index is 0.0633. The molecule has 0 bridgehead atoms. The van der Waals surface area contributed by atoms with Gasteiger partial charge in [-0.2, -0.15) is 9.97 Å². The molecule has 0 unspecified atom stereocenters. The summed E-state index contributed by atoms with van der Waals surface area (Å²) < 4.78 is 38.6. The van der Waals surface area contributed by atoms with E-state index in [4.69, 9.17) is 21.1 Å². The quantitative estimate of drug-likeness (QED) is 0.618. The predicted molar refractivity (Wildman–Crippen MR) is 103 cm³/mol. The molecule has 0 aliphatic rings. The lowest BCUT2D eigenvalue weighted by Crippen LogP contribution is -2.16. The Hall–Kier alpha value is -2.52. The number of hydrogen-bond donors (Lipinski definition) is 2. The van der Waals surface area contributed by atoms with Crippen LogP contribution in [0.4, 0.5) is 5.95 Å². The number of fused-ring (bicyclic) bond motifs is 1. The molecular formula is C17H19ClN4O4S. The van der Waals surface area contributed by atoms with Crippen molar-refractivity contribution in [1.29, 1.82) is 0 Å². The predicted octanol–water partition coefficient (Wildman–Crippen LogP) is 3.38. The van der Waals surface area contributed by atoms with Gasteiger partial charge in [0.1, 0.15) is 4.90 Å². The van der Waals surface area contributed by atoms with Gasteiger partial charge < -0.3 is 14.5 Å². The fourth-order valence-corrected chi connectivity index (χ4v) is 4.06. The summed E-state index contributed by atoms with van der Waals surface area (Å²) in [5.41, 5.74) is 1.30. The van der Waals surface area contributed by atoms with Gasteiger partial charge in [0.25, 0.3) is 10.0 Å². The third kappa shape index (κ3) is 3.79. The minimum atomic E-state index is -3.94. The first-order valence-corrected chi connectivity index (χ1v) is 10.0. The molecule has 0 aliphatic carbocycles. The van der Waals surface area contributed by atoms with E-state index in [9.17, 15) is 8.42 Å². The molecule has 10 heteroatoms. The van der Waals surface area contributed by atoms with Crippen molar-refractivity contribution in [2.45, 2.75) is 24.7 Å². The zero-order chi connectivity index (χ0) is 19.6. The lowest BCUT2D eigenvalue weighted by atomic mass is 10.2. The van der Waals surface area contributed by atoms with Gasteiger partial charge in [-0.05, 0) is 24.6 Å². The molecule has 0 radical (unpaired) electrons. The number of sulfonamides is 1. The van der Waals surface area contributed by atoms with Crippen LogP contribution < -0.4 is 14.2 Å². The van der Waals surface area contributed by atoms with Crippen molar-refractivity contribution in [3.63, 3.8) is 0 Å². The van der Waals surface area contributed by atoms with E-state index in [1.807, 2.05) is 6.92 Å². The Labute approximate surface area is 161 Å². The molecule has 3 rings (SSSR count). The molecule has 0 aliphatic heterocycles. The summed E-state index contributed by atoms with van der Waals surface area (Å²) in [5.74, 6) is 0.408. The number of nitrogens with zero attached hydrogens (tertiary/aromatic N) is 2. The molecule has 27 heavy (non-hydrogen) atoms. The maximum Gasteiger partial charge on any atom is 0.266 e. The van der Waals surface area contributed by atoms with E-state index in [2.05, 4.69) is 19.7 Å². The van der Waals surface area contributed by atoms with Gasteiger partial charge in [0.2, 0.25) is 17.7 Å². The van der Waals surface area contributed by atoms with E-state index in [1.54, 1.807) is 18.2 Å². The van der Waals surface area contributed by atoms with Crippen molar-refractivity contribution in [2.75, 3.05) is 18.9 Å². The average molecular weight is 411 g/mol. The highest BCUT2D eigenvalue weighted by molar-refractivity contribution is 7.93. The van der Waals surface area contributed by atoms with Gasteiger partial charge in [-0.1, -0.05) is 24.9 Å². The van der Waals surface area contributed by atoms with E-state index < -0.39 is 10.0 Å². The van der Waals surface area contributed by atoms with Crippen LogP contribution in [0.15, 0.2) is 29.3 Å². The molecule has 0 atom stereocenters. The lowest BCUT2D eigenvalue weighted by molar-refractivity contribution is 0.363. The van der Waals surface area contributed by atoms with Crippen molar-refractivity contribution >= 4 is 38.5 Å². The molecule has 1 aromatic carbocycles. The number of ether oxygens (including phenoxy) is 2. The van der Waals surface area contributed by atoms with Gasteiger partial charge in [0.05, 0.1) is 19.8 Å². The van der Waals surface area contributed by atoms with Crippen LogP contribution in [0.25, 0.3) is 10.9 Å². The molecule has 2 heterocycles. The number of nitrogens with one attached hydrogen (secondary N) is 2.